The molecule has 0 spiro atoms. The maximum Gasteiger partial charge on any atom is 0.226 e. The smallest absolute Gasteiger partial charge is 0.226 e. The van der Waals surface area contributed by atoms with E-state index in [4.69, 9.17) is 0 Å². The van der Waals surface area contributed by atoms with Crippen molar-refractivity contribution in [3.63, 3.8) is 0 Å². The van der Waals surface area contributed by atoms with Gasteiger partial charge in [-0.05, 0) is 42.9 Å². The first-order chi connectivity index (χ1) is 8.90. The van der Waals surface area contributed by atoms with Gasteiger partial charge in [-0.3, -0.25) is 4.79 Å². The standard InChI is InChI=1S/C16H24N2O/c1-12(16(2)9-10-16)17-14-7-5-13(6-8-14)11-15(19)18(3)4/h5-8,12,17H,9-11H2,1-4H3. The Kier molecular flexibility index (Phi) is 3.83. The number of amides is 1. The fraction of sp³-hybridized carbons (Fsp3) is 0.562. The zero-order valence-electron chi connectivity index (χ0n) is 12.4. The van der Waals surface area contributed by atoms with Crippen LogP contribution in [0.4, 0.5) is 5.69 Å². The molecule has 19 heavy (non-hydrogen) atoms. The second kappa shape index (κ2) is 5.24. The second-order valence-corrected chi connectivity index (χ2v) is 6.18. The van der Waals surface area contributed by atoms with Crippen molar-refractivity contribution in [1.29, 1.82) is 0 Å². The van der Waals surface area contributed by atoms with E-state index in [2.05, 4.69) is 31.3 Å². The Bertz CT molecular complexity index is 446. The van der Waals surface area contributed by atoms with Crippen LogP contribution in [0.15, 0.2) is 24.3 Å². The Balaban J connectivity index is 1.93. The summed E-state index contributed by atoms with van der Waals surface area (Å²) in [5, 5.41) is 3.55. The molecule has 1 atom stereocenters. The van der Waals surface area contributed by atoms with Crippen LogP contribution in [0, 0.1) is 5.41 Å². The minimum absolute atomic E-state index is 0.138. The summed E-state index contributed by atoms with van der Waals surface area (Å²) < 4.78 is 0. The Morgan fingerprint density at radius 1 is 1.32 bits per heavy atom. The fourth-order valence-electron chi connectivity index (χ4n) is 2.11. The molecular weight excluding hydrogens is 236 g/mol. The van der Waals surface area contributed by atoms with Crippen LogP contribution in [0.1, 0.15) is 32.3 Å². The van der Waals surface area contributed by atoms with E-state index in [1.165, 1.54) is 12.8 Å². The third kappa shape index (κ3) is 3.49. The summed E-state index contributed by atoms with van der Waals surface area (Å²) in [7, 11) is 3.58. The zero-order valence-corrected chi connectivity index (χ0v) is 12.4. The van der Waals surface area contributed by atoms with E-state index in [1.807, 2.05) is 12.1 Å². The molecule has 3 heteroatoms. The van der Waals surface area contributed by atoms with Gasteiger partial charge in [-0.25, -0.2) is 0 Å². The molecule has 0 aromatic heterocycles. The first kappa shape index (κ1) is 13.9. The Morgan fingerprint density at radius 3 is 2.37 bits per heavy atom. The lowest BCUT2D eigenvalue weighted by molar-refractivity contribution is -0.127. The molecule has 104 valence electrons. The van der Waals surface area contributed by atoms with Crippen molar-refractivity contribution in [2.45, 2.75) is 39.2 Å². The molecule has 1 saturated carbocycles. The molecule has 1 aromatic carbocycles. The number of carbonyl (C=O) groups excluding carboxylic acids is 1. The lowest BCUT2D eigenvalue weighted by atomic mass is 10.0. The summed E-state index contributed by atoms with van der Waals surface area (Å²) in [6, 6.07) is 8.71. The number of nitrogens with one attached hydrogen (secondary N) is 1. The van der Waals surface area contributed by atoms with E-state index in [1.54, 1.807) is 19.0 Å². The van der Waals surface area contributed by atoms with Gasteiger partial charge in [0.15, 0.2) is 0 Å². The summed E-state index contributed by atoms with van der Waals surface area (Å²) in [6.45, 7) is 4.57. The summed E-state index contributed by atoms with van der Waals surface area (Å²) in [4.78, 5) is 13.3. The van der Waals surface area contributed by atoms with E-state index in [0.29, 0.717) is 17.9 Å². The molecule has 1 amide bonds. The van der Waals surface area contributed by atoms with Crippen LogP contribution < -0.4 is 5.32 Å². The molecule has 2 rings (SSSR count). The largest absolute Gasteiger partial charge is 0.382 e. The van der Waals surface area contributed by atoms with Gasteiger partial charge in [-0.1, -0.05) is 19.1 Å². The van der Waals surface area contributed by atoms with Crippen LogP contribution in [0.5, 0.6) is 0 Å². The number of benzene rings is 1. The maximum atomic E-state index is 11.6. The molecule has 1 fully saturated rings. The van der Waals surface area contributed by atoms with E-state index in [-0.39, 0.29) is 5.91 Å². The Labute approximate surface area is 116 Å². The van der Waals surface area contributed by atoms with Crippen LogP contribution in [-0.2, 0) is 11.2 Å². The van der Waals surface area contributed by atoms with E-state index >= 15 is 0 Å². The average Bonchev–Trinajstić information content (AvgIpc) is 3.11. The van der Waals surface area contributed by atoms with Gasteiger partial charge in [0.25, 0.3) is 0 Å². The highest BCUT2D eigenvalue weighted by Crippen LogP contribution is 2.48. The van der Waals surface area contributed by atoms with Crippen LogP contribution in [-0.4, -0.2) is 30.9 Å². The normalized spacial score (nSPS) is 17.7. The molecule has 1 aliphatic rings. The maximum absolute atomic E-state index is 11.6. The Hall–Kier alpha value is -1.51. The molecule has 1 unspecified atom stereocenters. The molecule has 0 aliphatic heterocycles. The SMILES string of the molecule is CC(Nc1ccc(CC(=O)N(C)C)cc1)C1(C)CC1. The third-order valence-corrected chi connectivity index (χ3v) is 4.28. The number of rotatable bonds is 5. The minimum atomic E-state index is 0.138. The average molecular weight is 260 g/mol. The van der Waals surface area contributed by atoms with Gasteiger partial charge in [-0.15, -0.1) is 0 Å². The van der Waals surface area contributed by atoms with Gasteiger partial charge in [0, 0.05) is 25.8 Å². The van der Waals surface area contributed by atoms with Crippen molar-refractivity contribution in [2.75, 3.05) is 19.4 Å². The van der Waals surface area contributed by atoms with Crippen molar-refractivity contribution in [3.05, 3.63) is 29.8 Å². The molecule has 0 saturated heterocycles. The fourth-order valence-corrected chi connectivity index (χ4v) is 2.11. The number of anilines is 1. The van der Waals surface area contributed by atoms with Crippen LogP contribution in [0.2, 0.25) is 0 Å². The predicted octanol–water partition coefficient (Wildman–Crippen LogP) is 2.92. The highest BCUT2D eigenvalue weighted by Gasteiger charge is 2.42. The minimum Gasteiger partial charge on any atom is -0.382 e. The van der Waals surface area contributed by atoms with Crippen molar-refractivity contribution in [1.82, 2.24) is 4.90 Å². The molecular formula is C16H24N2O. The third-order valence-electron chi connectivity index (χ3n) is 4.28. The first-order valence-electron chi connectivity index (χ1n) is 6.96. The van der Waals surface area contributed by atoms with E-state index < -0.39 is 0 Å². The molecule has 1 aromatic rings. The van der Waals surface area contributed by atoms with Crippen molar-refractivity contribution < 1.29 is 4.79 Å². The summed E-state index contributed by atoms with van der Waals surface area (Å²) in [5.74, 6) is 0.138. The van der Waals surface area contributed by atoms with Crippen molar-refractivity contribution in [3.8, 4) is 0 Å². The lowest BCUT2D eigenvalue weighted by Crippen LogP contribution is -2.25. The summed E-state index contributed by atoms with van der Waals surface area (Å²) in [6.07, 6.45) is 3.10. The molecule has 0 heterocycles. The lowest BCUT2D eigenvalue weighted by Gasteiger charge is -2.21. The first-order valence-corrected chi connectivity index (χ1v) is 6.96. The van der Waals surface area contributed by atoms with Gasteiger partial charge < -0.3 is 10.2 Å². The molecule has 1 aliphatic carbocycles. The molecule has 3 nitrogen and oxygen atoms in total. The van der Waals surface area contributed by atoms with Crippen molar-refractivity contribution >= 4 is 11.6 Å². The highest BCUT2D eigenvalue weighted by molar-refractivity contribution is 5.78. The predicted molar refractivity (Wildman–Crippen MR) is 79.3 cm³/mol. The summed E-state index contributed by atoms with van der Waals surface area (Å²) >= 11 is 0. The van der Waals surface area contributed by atoms with E-state index in [9.17, 15) is 4.79 Å². The quantitative estimate of drug-likeness (QED) is 0.883. The number of nitrogens with zero attached hydrogens (tertiary/aromatic N) is 1. The van der Waals surface area contributed by atoms with E-state index in [0.717, 1.165) is 11.3 Å². The topological polar surface area (TPSA) is 32.3 Å². The molecule has 0 bridgehead atoms. The Morgan fingerprint density at radius 2 is 1.89 bits per heavy atom. The van der Waals surface area contributed by atoms with Gasteiger partial charge in [0.05, 0.1) is 6.42 Å². The molecule has 1 N–H and O–H groups in total. The summed E-state index contributed by atoms with van der Waals surface area (Å²) in [5.41, 5.74) is 2.68. The van der Waals surface area contributed by atoms with Gasteiger partial charge in [-0.2, -0.15) is 0 Å². The van der Waals surface area contributed by atoms with Gasteiger partial charge >= 0.3 is 0 Å². The molecule has 0 radical (unpaired) electrons. The number of hydrogen-bond donors (Lipinski definition) is 1. The second-order valence-electron chi connectivity index (χ2n) is 6.18. The van der Waals surface area contributed by atoms with Gasteiger partial charge in [0.1, 0.15) is 0 Å². The van der Waals surface area contributed by atoms with Gasteiger partial charge in [0.2, 0.25) is 5.91 Å². The number of hydrogen-bond acceptors (Lipinski definition) is 2. The zero-order chi connectivity index (χ0) is 14.0. The van der Waals surface area contributed by atoms with Crippen LogP contribution >= 0.6 is 0 Å². The van der Waals surface area contributed by atoms with Crippen molar-refractivity contribution in [2.24, 2.45) is 5.41 Å². The number of carbonyl (C=O) groups is 1. The van der Waals surface area contributed by atoms with Crippen LogP contribution in [0.25, 0.3) is 0 Å². The highest BCUT2D eigenvalue weighted by atomic mass is 16.2. The number of likely N-dealkylation sites (N-methyl/N-ethyl adjacent to an activating group) is 1. The monoisotopic (exact) mass is 260 g/mol. The van der Waals surface area contributed by atoms with Crippen LogP contribution in [0.3, 0.4) is 0 Å².